The van der Waals surface area contributed by atoms with E-state index in [1.54, 1.807) is 19.9 Å². The van der Waals surface area contributed by atoms with Gasteiger partial charge in [0.05, 0.1) is 5.56 Å². The van der Waals surface area contributed by atoms with Crippen LogP contribution in [0.3, 0.4) is 0 Å². The van der Waals surface area contributed by atoms with Crippen LogP contribution in [0, 0.1) is 6.92 Å². The first kappa shape index (κ1) is 11.9. The standard InChI is InChI=1S/C11H15F2NO/c1-6-3-8(7(2)5-14)10(15)9(4-6)11(12)13/h3-4,7,11,15H,5,14H2,1-2H3. The molecule has 0 aromatic heterocycles. The highest BCUT2D eigenvalue weighted by Crippen LogP contribution is 2.35. The average molecular weight is 215 g/mol. The first-order valence-corrected chi connectivity index (χ1v) is 4.79. The molecule has 0 fully saturated rings. The molecule has 4 heteroatoms. The van der Waals surface area contributed by atoms with Gasteiger partial charge < -0.3 is 10.8 Å². The summed E-state index contributed by atoms with van der Waals surface area (Å²) in [5.74, 6) is -0.448. The molecule has 84 valence electrons. The number of rotatable bonds is 3. The third-order valence-corrected chi connectivity index (χ3v) is 2.43. The van der Waals surface area contributed by atoms with Crippen LogP contribution in [0.2, 0.25) is 0 Å². The number of nitrogens with two attached hydrogens (primary N) is 1. The van der Waals surface area contributed by atoms with Crippen LogP contribution in [0.5, 0.6) is 5.75 Å². The van der Waals surface area contributed by atoms with Gasteiger partial charge in [-0.05, 0) is 31.0 Å². The largest absolute Gasteiger partial charge is 0.507 e. The molecule has 2 nitrogen and oxygen atoms in total. The number of hydrogen-bond donors (Lipinski definition) is 2. The number of hydrogen-bond acceptors (Lipinski definition) is 2. The fraction of sp³-hybridized carbons (Fsp3) is 0.455. The van der Waals surface area contributed by atoms with E-state index in [9.17, 15) is 13.9 Å². The Labute approximate surface area is 87.7 Å². The van der Waals surface area contributed by atoms with Gasteiger partial charge in [0.2, 0.25) is 0 Å². The van der Waals surface area contributed by atoms with E-state index in [2.05, 4.69) is 0 Å². The van der Waals surface area contributed by atoms with E-state index in [4.69, 9.17) is 5.73 Å². The van der Waals surface area contributed by atoms with Gasteiger partial charge in [-0.1, -0.05) is 18.6 Å². The molecular weight excluding hydrogens is 200 g/mol. The topological polar surface area (TPSA) is 46.2 Å². The van der Waals surface area contributed by atoms with Crippen LogP contribution in [0.25, 0.3) is 0 Å². The molecule has 1 unspecified atom stereocenters. The van der Waals surface area contributed by atoms with Gasteiger partial charge in [-0.3, -0.25) is 0 Å². The highest BCUT2D eigenvalue weighted by Gasteiger charge is 2.19. The summed E-state index contributed by atoms with van der Waals surface area (Å²) in [5, 5.41) is 9.65. The van der Waals surface area contributed by atoms with Crippen LogP contribution in [0.1, 0.15) is 36.0 Å². The summed E-state index contributed by atoms with van der Waals surface area (Å²) in [4.78, 5) is 0. The smallest absolute Gasteiger partial charge is 0.267 e. The van der Waals surface area contributed by atoms with E-state index >= 15 is 0 Å². The second kappa shape index (κ2) is 4.57. The van der Waals surface area contributed by atoms with Crippen LogP contribution in [-0.2, 0) is 0 Å². The third-order valence-electron chi connectivity index (χ3n) is 2.43. The van der Waals surface area contributed by atoms with Crippen LogP contribution in [0.15, 0.2) is 12.1 Å². The molecule has 0 bridgehead atoms. The molecule has 0 aliphatic heterocycles. The van der Waals surface area contributed by atoms with Gasteiger partial charge in [-0.25, -0.2) is 8.78 Å². The minimum absolute atomic E-state index is 0.123. The van der Waals surface area contributed by atoms with Crippen molar-refractivity contribution in [2.24, 2.45) is 5.73 Å². The Morgan fingerprint density at radius 1 is 1.33 bits per heavy atom. The fourth-order valence-corrected chi connectivity index (χ4v) is 1.50. The lowest BCUT2D eigenvalue weighted by Gasteiger charge is -2.15. The summed E-state index contributed by atoms with van der Waals surface area (Å²) in [7, 11) is 0. The molecular formula is C11H15F2NO. The van der Waals surface area contributed by atoms with Crippen molar-refractivity contribution in [3.8, 4) is 5.75 Å². The van der Waals surface area contributed by atoms with Gasteiger partial charge >= 0.3 is 0 Å². The Balaban J connectivity index is 3.28. The lowest BCUT2D eigenvalue weighted by atomic mass is 9.95. The molecule has 1 atom stereocenters. The maximum absolute atomic E-state index is 12.6. The quantitative estimate of drug-likeness (QED) is 0.814. The van der Waals surface area contributed by atoms with Crippen molar-refractivity contribution in [2.75, 3.05) is 6.54 Å². The number of aromatic hydroxyl groups is 1. The first-order chi connectivity index (χ1) is 6.97. The van der Waals surface area contributed by atoms with Gasteiger partial charge in [0.15, 0.2) is 0 Å². The number of phenols is 1. The summed E-state index contributed by atoms with van der Waals surface area (Å²) in [5.41, 5.74) is 6.34. The predicted octanol–water partition coefficient (Wildman–Crippen LogP) is 2.70. The number of benzene rings is 1. The van der Waals surface area contributed by atoms with Gasteiger partial charge in [0, 0.05) is 0 Å². The van der Waals surface area contributed by atoms with E-state index in [-0.39, 0.29) is 17.2 Å². The SMILES string of the molecule is Cc1cc(C(F)F)c(O)c(C(C)CN)c1. The molecule has 0 heterocycles. The average Bonchev–Trinajstić information content (AvgIpc) is 2.19. The van der Waals surface area contributed by atoms with Crippen molar-refractivity contribution in [2.45, 2.75) is 26.2 Å². The molecule has 0 saturated carbocycles. The van der Waals surface area contributed by atoms with E-state index in [0.29, 0.717) is 17.7 Å². The minimum Gasteiger partial charge on any atom is -0.507 e. The summed E-state index contributed by atoms with van der Waals surface area (Å²) < 4.78 is 25.1. The van der Waals surface area contributed by atoms with Gasteiger partial charge in [-0.15, -0.1) is 0 Å². The van der Waals surface area contributed by atoms with E-state index in [0.717, 1.165) is 0 Å². The van der Waals surface area contributed by atoms with Crippen molar-refractivity contribution in [3.63, 3.8) is 0 Å². The summed E-state index contributed by atoms with van der Waals surface area (Å²) in [6, 6.07) is 2.99. The van der Waals surface area contributed by atoms with Crippen LogP contribution < -0.4 is 5.73 Å². The van der Waals surface area contributed by atoms with Crippen molar-refractivity contribution >= 4 is 0 Å². The normalized spacial score (nSPS) is 13.2. The summed E-state index contributed by atoms with van der Waals surface area (Å²) in [6.45, 7) is 3.83. The molecule has 0 aliphatic rings. The Morgan fingerprint density at radius 3 is 2.33 bits per heavy atom. The number of aryl methyl sites for hydroxylation is 1. The first-order valence-electron chi connectivity index (χ1n) is 4.79. The molecule has 1 aromatic rings. The maximum atomic E-state index is 12.6. The molecule has 0 spiro atoms. The molecule has 1 aromatic carbocycles. The van der Waals surface area contributed by atoms with E-state index in [1.165, 1.54) is 6.07 Å². The molecule has 0 saturated heterocycles. The van der Waals surface area contributed by atoms with Gasteiger partial charge in [0.1, 0.15) is 5.75 Å². The third kappa shape index (κ3) is 2.45. The van der Waals surface area contributed by atoms with Crippen molar-refractivity contribution in [3.05, 3.63) is 28.8 Å². The molecule has 15 heavy (non-hydrogen) atoms. The lowest BCUT2D eigenvalue weighted by molar-refractivity contribution is 0.147. The second-order valence-electron chi connectivity index (χ2n) is 3.73. The summed E-state index contributed by atoms with van der Waals surface area (Å²) in [6.07, 6.45) is -2.66. The molecule has 1 rings (SSSR count). The number of halogens is 2. The second-order valence-corrected chi connectivity index (χ2v) is 3.73. The summed E-state index contributed by atoms with van der Waals surface area (Å²) >= 11 is 0. The van der Waals surface area contributed by atoms with E-state index in [1.807, 2.05) is 0 Å². The predicted molar refractivity (Wildman–Crippen MR) is 55.3 cm³/mol. The number of phenolic OH excluding ortho intramolecular Hbond substituents is 1. The highest BCUT2D eigenvalue weighted by atomic mass is 19.3. The lowest BCUT2D eigenvalue weighted by Crippen LogP contribution is -2.10. The molecule has 0 amide bonds. The Hall–Kier alpha value is -1.16. The minimum atomic E-state index is -2.66. The Bertz CT molecular complexity index is 353. The zero-order valence-corrected chi connectivity index (χ0v) is 8.80. The Kier molecular flexibility index (Phi) is 3.63. The fourth-order valence-electron chi connectivity index (χ4n) is 1.50. The maximum Gasteiger partial charge on any atom is 0.267 e. The van der Waals surface area contributed by atoms with Crippen LogP contribution >= 0.6 is 0 Å². The van der Waals surface area contributed by atoms with Crippen molar-refractivity contribution in [1.29, 1.82) is 0 Å². The molecule has 0 radical (unpaired) electrons. The molecule has 3 N–H and O–H groups in total. The van der Waals surface area contributed by atoms with Crippen molar-refractivity contribution in [1.82, 2.24) is 0 Å². The van der Waals surface area contributed by atoms with Crippen LogP contribution in [0.4, 0.5) is 8.78 Å². The highest BCUT2D eigenvalue weighted by molar-refractivity contribution is 5.45. The Morgan fingerprint density at radius 2 is 1.87 bits per heavy atom. The monoisotopic (exact) mass is 215 g/mol. The zero-order valence-electron chi connectivity index (χ0n) is 8.80. The van der Waals surface area contributed by atoms with E-state index < -0.39 is 6.43 Å². The number of alkyl halides is 2. The van der Waals surface area contributed by atoms with Gasteiger partial charge in [0.25, 0.3) is 6.43 Å². The van der Waals surface area contributed by atoms with Crippen molar-refractivity contribution < 1.29 is 13.9 Å². The van der Waals surface area contributed by atoms with Crippen LogP contribution in [-0.4, -0.2) is 11.7 Å². The van der Waals surface area contributed by atoms with Gasteiger partial charge in [-0.2, -0.15) is 0 Å². The molecule has 0 aliphatic carbocycles. The zero-order chi connectivity index (χ0) is 11.6.